The van der Waals surface area contributed by atoms with Gasteiger partial charge in [0.2, 0.25) is 0 Å². The van der Waals surface area contributed by atoms with Crippen molar-refractivity contribution < 1.29 is 19.0 Å². The van der Waals surface area contributed by atoms with E-state index in [1.165, 1.54) is 0 Å². The van der Waals surface area contributed by atoms with Crippen molar-refractivity contribution >= 4 is 12.1 Å². The number of benzene rings is 2. The highest BCUT2D eigenvalue weighted by Gasteiger charge is 2.19. The highest BCUT2D eigenvalue weighted by molar-refractivity contribution is 5.84. The topological polar surface area (TPSA) is 69.2 Å². The summed E-state index contributed by atoms with van der Waals surface area (Å²) < 4.78 is 16.0. The minimum absolute atomic E-state index is 0.285. The highest BCUT2D eigenvalue weighted by Crippen LogP contribution is 2.19. The van der Waals surface area contributed by atoms with Gasteiger partial charge in [0.15, 0.2) is 6.10 Å². The molecule has 0 radical (unpaired) electrons. The maximum absolute atomic E-state index is 12.4. The smallest absolute Gasteiger partial charge is 0.281 e. The van der Waals surface area contributed by atoms with Gasteiger partial charge < -0.3 is 14.2 Å². The van der Waals surface area contributed by atoms with Crippen molar-refractivity contribution in [1.82, 2.24) is 5.43 Å². The fourth-order valence-electron chi connectivity index (χ4n) is 2.26. The molecule has 2 rings (SSSR count). The number of ether oxygens (including phenoxy) is 3. The molecule has 0 saturated carbocycles. The van der Waals surface area contributed by atoms with Crippen molar-refractivity contribution in [3.63, 3.8) is 0 Å². The molecule has 0 fully saturated rings. The standard InChI is InChI=1S/C20H24N2O4/c1-4-5-19(26-18-12-10-17(25-3)11-13-18)20(23)22-21-14-15-6-8-16(24-2)9-7-15/h6-14,19H,4-5H2,1-3H3,(H,22,23). The number of methoxy groups -OCH3 is 2. The summed E-state index contributed by atoms with van der Waals surface area (Å²) in [5, 5.41) is 4.00. The third-order valence-electron chi connectivity index (χ3n) is 3.69. The lowest BCUT2D eigenvalue weighted by molar-refractivity contribution is -0.128. The molecule has 0 saturated heterocycles. The third-order valence-corrected chi connectivity index (χ3v) is 3.69. The number of hydrogen-bond acceptors (Lipinski definition) is 5. The van der Waals surface area contributed by atoms with Gasteiger partial charge in [0.1, 0.15) is 17.2 Å². The van der Waals surface area contributed by atoms with E-state index in [1.807, 2.05) is 31.2 Å². The zero-order valence-electron chi connectivity index (χ0n) is 15.3. The predicted molar refractivity (Wildman–Crippen MR) is 101 cm³/mol. The zero-order chi connectivity index (χ0) is 18.8. The fraction of sp³-hybridized carbons (Fsp3) is 0.300. The van der Waals surface area contributed by atoms with Crippen molar-refractivity contribution in [3.8, 4) is 17.2 Å². The molecule has 1 atom stereocenters. The molecule has 0 spiro atoms. The molecular formula is C20H24N2O4. The van der Waals surface area contributed by atoms with Crippen LogP contribution in [0.4, 0.5) is 0 Å². The number of carbonyl (C=O) groups is 1. The summed E-state index contributed by atoms with van der Waals surface area (Å²) in [5.41, 5.74) is 3.39. The quantitative estimate of drug-likeness (QED) is 0.552. The molecule has 0 aliphatic carbocycles. The van der Waals surface area contributed by atoms with Crippen LogP contribution in [0.2, 0.25) is 0 Å². The Morgan fingerprint density at radius 3 is 2.08 bits per heavy atom. The van der Waals surface area contributed by atoms with Gasteiger partial charge in [-0.3, -0.25) is 4.79 Å². The summed E-state index contributed by atoms with van der Waals surface area (Å²) in [6.07, 6.45) is 2.38. The van der Waals surface area contributed by atoms with Crippen LogP contribution >= 0.6 is 0 Å². The molecule has 1 amide bonds. The summed E-state index contributed by atoms with van der Waals surface area (Å²) in [6.45, 7) is 2.00. The first-order valence-electron chi connectivity index (χ1n) is 8.44. The third kappa shape index (κ3) is 5.81. The van der Waals surface area contributed by atoms with Gasteiger partial charge in [0.25, 0.3) is 5.91 Å². The molecule has 138 valence electrons. The first-order chi connectivity index (χ1) is 12.7. The van der Waals surface area contributed by atoms with Crippen molar-refractivity contribution in [2.24, 2.45) is 5.10 Å². The fourth-order valence-corrected chi connectivity index (χ4v) is 2.26. The summed E-state index contributed by atoms with van der Waals surface area (Å²) in [6, 6.07) is 14.5. The van der Waals surface area contributed by atoms with Gasteiger partial charge in [0.05, 0.1) is 20.4 Å². The van der Waals surface area contributed by atoms with Crippen LogP contribution in [0.3, 0.4) is 0 Å². The largest absolute Gasteiger partial charge is 0.497 e. The van der Waals surface area contributed by atoms with Crippen LogP contribution in [0.5, 0.6) is 17.2 Å². The molecule has 0 bridgehead atoms. The summed E-state index contributed by atoms with van der Waals surface area (Å²) in [5.74, 6) is 1.82. The monoisotopic (exact) mass is 356 g/mol. The number of rotatable bonds is 9. The second-order valence-electron chi connectivity index (χ2n) is 5.58. The maximum Gasteiger partial charge on any atom is 0.281 e. The van der Waals surface area contributed by atoms with Crippen LogP contribution in [0.25, 0.3) is 0 Å². The van der Waals surface area contributed by atoms with E-state index in [-0.39, 0.29) is 5.91 Å². The lowest BCUT2D eigenvalue weighted by Crippen LogP contribution is -2.35. The lowest BCUT2D eigenvalue weighted by atomic mass is 10.2. The first-order valence-corrected chi connectivity index (χ1v) is 8.44. The van der Waals surface area contributed by atoms with Gasteiger partial charge in [-0.05, 0) is 60.5 Å². The summed E-state index contributed by atoms with van der Waals surface area (Å²) in [4.78, 5) is 12.4. The molecule has 0 aliphatic heterocycles. The van der Waals surface area contributed by atoms with Crippen LogP contribution in [0.1, 0.15) is 25.3 Å². The molecule has 1 N–H and O–H groups in total. The van der Waals surface area contributed by atoms with Crippen LogP contribution in [-0.2, 0) is 4.79 Å². The Morgan fingerprint density at radius 2 is 1.54 bits per heavy atom. The van der Waals surface area contributed by atoms with E-state index in [4.69, 9.17) is 14.2 Å². The molecule has 6 heteroatoms. The van der Waals surface area contributed by atoms with Crippen molar-refractivity contribution in [3.05, 3.63) is 54.1 Å². The highest BCUT2D eigenvalue weighted by atomic mass is 16.5. The Labute approximate surface area is 153 Å². The number of hydrazone groups is 1. The Hall–Kier alpha value is -3.02. The molecule has 1 unspecified atom stereocenters. The molecular weight excluding hydrogens is 332 g/mol. The normalized spacial score (nSPS) is 11.8. The minimum atomic E-state index is -0.610. The molecule has 26 heavy (non-hydrogen) atoms. The average Bonchev–Trinajstić information content (AvgIpc) is 2.68. The average molecular weight is 356 g/mol. The van der Waals surface area contributed by atoms with E-state index in [0.717, 1.165) is 23.5 Å². The molecule has 6 nitrogen and oxygen atoms in total. The Morgan fingerprint density at radius 1 is 1.00 bits per heavy atom. The second kappa shape index (κ2) is 10.1. The van der Waals surface area contributed by atoms with Gasteiger partial charge in [0, 0.05) is 0 Å². The zero-order valence-corrected chi connectivity index (χ0v) is 15.3. The first kappa shape index (κ1) is 19.3. The number of carbonyl (C=O) groups excluding carboxylic acids is 1. The Balaban J connectivity index is 1.94. The van der Waals surface area contributed by atoms with E-state index in [9.17, 15) is 4.79 Å². The van der Waals surface area contributed by atoms with Gasteiger partial charge in [-0.15, -0.1) is 0 Å². The number of hydrogen-bond donors (Lipinski definition) is 1. The SMILES string of the molecule is CCCC(Oc1ccc(OC)cc1)C(=O)NN=Cc1ccc(OC)cc1. The predicted octanol–water partition coefficient (Wildman–Crippen LogP) is 3.40. The van der Waals surface area contributed by atoms with Crippen LogP contribution < -0.4 is 19.6 Å². The molecule has 0 heterocycles. The van der Waals surface area contributed by atoms with E-state index in [2.05, 4.69) is 10.5 Å². The van der Waals surface area contributed by atoms with Crippen molar-refractivity contribution in [1.29, 1.82) is 0 Å². The Bertz CT molecular complexity index is 712. The van der Waals surface area contributed by atoms with Gasteiger partial charge in [-0.25, -0.2) is 5.43 Å². The molecule has 0 aromatic heterocycles. The minimum Gasteiger partial charge on any atom is -0.497 e. The Kier molecular flexibility index (Phi) is 7.49. The van der Waals surface area contributed by atoms with Crippen molar-refractivity contribution in [2.75, 3.05) is 14.2 Å². The van der Waals surface area contributed by atoms with Gasteiger partial charge in [-0.2, -0.15) is 5.10 Å². The number of amides is 1. The van der Waals surface area contributed by atoms with Gasteiger partial charge in [-0.1, -0.05) is 13.3 Å². The molecule has 0 aliphatic rings. The number of nitrogens with zero attached hydrogens (tertiary/aromatic N) is 1. The number of nitrogens with one attached hydrogen (secondary N) is 1. The summed E-state index contributed by atoms with van der Waals surface area (Å²) >= 11 is 0. The van der Waals surface area contributed by atoms with E-state index >= 15 is 0 Å². The molecule has 2 aromatic carbocycles. The van der Waals surface area contributed by atoms with Crippen LogP contribution in [0, 0.1) is 0 Å². The van der Waals surface area contributed by atoms with E-state index in [0.29, 0.717) is 12.2 Å². The van der Waals surface area contributed by atoms with Crippen molar-refractivity contribution in [2.45, 2.75) is 25.9 Å². The van der Waals surface area contributed by atoms with E-state index in [1.54, 1.807) is 44.7 Å². The van der Waals surface area contributed by atoms with Gasteiger partial charge >= 0.3 is 0 Å². The second-order valence-corrected chi connectivity index (χ2v) is 5.58. The lowest BCUT2D eigenvalue weighted by Gasteiger charge is -2.17. The van der Waals surface area contributed by atoms with Crippen LogP contribution in [0.15, 0.2) is 53.6 Å². The molecule has 2 aromatic rings. The summed E-state index contributed by atoms with van der Waals surface area (Å²) in [7, 11) is 3.21. The van der Waals surface area contributed by atoms with Crippen LogP contribution in [-0.4, -0.2) is 32.4 Å². The van der Waals surface area contributed by atoms with E-state index < -0.39 is 6.10 Å². The maximum atomic E-state index is 12.4.